The second kappa shape index (κ2) is 11.2. The van der Waals surface area contributed by atoms with Gasteiger partial charge in [0.2, 0.25) is 6.29 Å². The van der Waals surface area contributed by atoms with Crippen LogP contribution >= 0.6 is 0 Å². The summed E-state index contributed by atoms with van der Waals surface area (Å²) in [5.74, 6) is 0. The van der Waals surface area contributed by atoms with Gasteiger partial charge in [-0.05, 0) is 26.4 Å². The van der Waals surface area contributed by atoms with E-state index < -0.39 is 6.29 Å². The summed E-state index contributed by atoms with van der Waals surface area (Å²) in [6.07, 6.45) is 3.14. The summed E-state index contributed by atoms with van der Waals surface area (Å²) in [4.78, 5) is 9.47. The monoisotopic (exact) mass is 339 g/mol. The number of piperazine rings is 2. The highest BCUT2D eigenvalue weighted by Gasteiger charge is 2.19. The van der Waals surface area contributed by atoms with Gasteiger partial charge in [-0.25, -0.2) is 5.11 Å². The van der Waals surface area contributed by atoms with Crippen LogP contribution in [0.15, 0.2) is 12.7 Å². The van der Waals surface area contributed by atoms with Gasteiger partial charge < -0.3 is 14.5 Å². The minimum atomic E-state index is -0.903. The molecule has 0 bridgehead atoms. The largest absolute Gasteiger partial charge is 0.349 e. The first kappa shape index (κ1) is 19.8. The SMILES string of the molecule is C=CCN1CCN(CC([O])OCCCCN2CCN(C)CC2)CC1. The standard InChI is InChI=1S/C18H35N4O2/c1-3-6-20-12-14-22(15-13-20)17-18(23)24-16-5-4-7-21-10-8-19(2)9-11-21/h3,18H,1,4-17H2,2H3. The Bertz CT molecular complexity index is 340. The molecule has 139 valence electrons. The van der Waals surface area contributed by atoms with Crippen LogP contribution in [0.2, 0.25) is 0 Å². The van der Waals surface area contributed by atoms with Crippen molar-refractivity contribution in [3.63, 3.8) is 0 Å². The van der Waals surface area contributed by atoms with Crippen LogP contribution in [-0.2, 0) is 9.84 Å². The maximum atomic E-state index is 12.0. The molecule has 6 heteroatoms. The molecular weight excluding hydrogens is 304 g/mol. The van der Waals surface area contributed by atoms with E-state index in [0.717, 1.165) is 52.1 Å². The summed E-state index contributed by atoms with van der Waals surface area (Å²) in [6.45, 7) is 15.6. The van der Waals surface area contributed by atoms with E-state index in [4.69, 9.17) is 4.74 Å². The molecule has 2 heterocycles. The molecule has 2 saturated heterocycles. The minimum Gasteiger partial charge on any atom is -0.349 e. The summed E-state index contributed by atoms with van der Waals surface area (Å²) >= 11 is 0. The van der Waals surface area contributed by atoms with Crippen LogP contribution in [-0.4, -0.2) is 112 Å². The average molecular weight is 340 g/mol. The second-order valence-corrected chi connectivity index (χ2v) is 7.04. The van der Waals surface area contributed by atoms with Crippen molar-refractivity contribution in [1.29, 1.82) is 0 Å². The van der Waals surface area contributed by atoms with Crippen molar-refractivity contribution in [3.8, 4) is 0 Å². The highest BCUT2D eigenvalue weighted by atomic mass is 16.6. The second-order valence-electron chi connectivity index (χ2n) is 7.04. The Hall–Kier alpha value is -0.500. The molecule has 0 amide bonds. The van der Waals surface area contributed by atoms with Crippen LogP contribution in [0.4, 0.5) is 0 Å². The summed E-state index contributed by atoms with van der Waals surface area (Å²) in [5.41, 5.74) is 0. The third-order valence-corrected chi connectivity index (χ3v) is 5.03. The first-order chi connectivity index (χ1) is 11.7. The van der Waals surface area contributed by atoms with E-state index >= 15 is 0 Å². The maximum Gasteiger partial charge on any atom is 0.204 e. The molecule has 1 unspecified atom stereocenters. The lowest BCUT2D eigenvalue weighted by atomic mass is 10.2. The van der Waals surface area contributed by atoms with Crippen molar-refractivity contribution >= 4 is 0 Å². The Morgan fingerprint density at radius 1 is 0.958 bits per heavy atom. The van der Waals surface area contributed by atoms with Gasteiger partial charge in [0.05, 0.1) is 6.54 Å². The third-order valence-electron chi connectivity index (χ3n) is 5.03. The average Bonchev–Trinajstić information content (AvgIpc) is 2.58. The van der Waals surface area contributed by atoms with E-state index in [1.54, 1.807) is 0 Å². The van der Waals surface area contributed by atoms with Crippen LogP contribution < -0.4 is 0 Å². The first-order valence-electron chi connectivity index (χ1n) is 9.41. The number of unbranched alkanes of at least 4 members (excludes halogenated alkanes) is 1. The van der Waals surface area contributed by atoms with E-state index in [2.05, 4.69) is 33.2 Å². The van der Waals surface area contributed by atoms with E-state index in [1.165, 1.54) is 26.2 Å². The fraction of sp³-hybridized carbons (Fsp3) is 0.889. The molecule has 0 aliphatic carbocycles. The molecule has 6 nitrogen and oxygen atoms in total. The molecule has 1 atom stereocenters. The maximum absolute atomic E-state index is 12.0. The summed E-state index contributed by atoms with van der Waals surface area (Å²) in [6, 6.07) is 0. The van der Waals surface area contributed by atoms with Gasteiger partial charge in [0.15, 0.2) is 0 Å². The van der Waals surface area contributed by atoms with E-state index in [9.17, 15) is 5.11 Å². The highest BCUT2D eigenvalue weighted by molar-refractivity contribution is 4.78. The number of ether oxygens (including phenoxy) is 1. The molecule has 0 aromatic carbocycles. The number of hydrogen-bond acceptors (Lipinski definition) is 5. The van der Waals surface area contributed by atoms with Gasteiger partial charge >= 0.3 is 0 Å². The fourth-order valence-electron chi connectivity index (χ4n) is 3.32. The van der Waals surface area contributed by atoms with Crippen LogP contribution in [0.5, 0.6) is 0 Å². The predicted molar refractivity (Wildman–Crippen MR) is 96.7 cm³/mol. The Balaban J connectivity index is 1.45. The number of hydrogen-bond donors (Lipinski definition) is 0. The minimum absolute atomic E-state index is 0.514. The molecule has 24 heavy (non-hydrogen) atoms. The highest BCUT2D eigenvalue weighted by Crippen LogP contribution is 2.05. The zero-order valence-electron chi connectivity index (χ0n) is 15.4. The van der Waals surface area contributed by atoms with Crippen molar-refractivity contribution in [2.75, 3.05) is 85.6 Å². The Morgan fingerprint density at radius 3 is 2.25 bits per heavy atom. The molecule has 2 rings (SSSR count). The Kier molecular flexibility index (Phi) is 9.23. The van der Waals surface area contributed by atoms with Crippen molar-refractivity contribution < 1.29 is 9.84 Å². The smallest absolute Gasteiger partial charge is 0.204 e. The molecule has 0 saturated carbocycles. The molecule has 0 spiro atoms. The fourth-order valence-corrected chi connectivity index (χ4v) is 3.32. The van der Waals surface area contributed by atoms with Gasteiger partial charge in [-0.1, -0.05) is 6.08 Å². The van der Waals surface area contributed by atoms with Crippen molar-refractivity contribution in [1.82, 2.24) is 19.6 Å². The lowest BCUT2D eigenvalue weighted by Gasteiger charge is -2.34. The lowest BCUT2D eigenvalue weighted by molar-refractivity contribution is -0.154. The number of nitrogens with zero attached hydrogens (tertiary/aromatic N) is 4. The lowest BCUT2D eigenvalue weighted by Crippen LogP contribution is -2.48. The third kappa shape index (κ3) is 7.59. The number of rotatable bonds is 10. The van der Waals surface area contributed by atoms with Crippen molar-refractivity contribution in [2.45, 2.75) is 19.1 Å². The molecule has 1 radical (unpaired) electrons. The van der Waals surface area contributed by atoms with Gasteiger partial charge in [-0.3, -0.25) is 9.80 Å². The van der Waals surface area contributed by atoms with Crippen LogP contribution in [0, 0.1) is 0 Å². The predicted octanol–water partition coefficient (Wildman–Crippen LogP) is 0.591. The Morgan fingerprint density at radius 2 is 1.58 bits per heavy atom. The first-order valence-corrected chi connectivity index (χ1v) is 9.41. The van der Waals surface area contributed by atoms with Gasteiger partial charge in [0, 0.05) is 65.5 Å². The number of likely N-dealkylation sites (N-methyl/N-ethyl adjacent to an activating group) is 1. The molecule has 0 N–H and O–H groups in total. The molecule has 2 fully saturated rings. The normalized spacial score (nSPS) is 23.4. The molecule has 0 aromatic heterocycles. The van der Waals surface area contributed by atoms with Gasteiger partial charge in [-0.15, -0.1) is 6.58 Å². The zero-order chi connectivity index (χ0) is 17.2. The van der Waals surface area contributed by atoms with Crippen LogP contribution in [0.1, 0.15) is 12.8 Å². The molecule has 0 aromatic rings. The summed E-state index contributed by atoms with van der Waals surface area (Å²) in [5, 5.41) is 12.0. The topological polar surface area (TPSA) is 42.1 Å². The Labute approximate surface area is 147 Å². The van der Waals surface area contributed by atoms with Crippen molar-refractivity contribution in [3.05, 3.63) is 12.7 Å². The molecular formula is C18H35N4O2. The van der Waals surface area contributed by atoms with E-state index in [-0.39, 0.29) is 0 Å². The van der Waals surface area contributed by atoms with Crippen LogP contribution in [0.25, 0.3) is 0 Å². The molecule has 2 aliphatic rings. The summed E-state index contributed by atoms with van der Waals surface area (Å²) in [7, 11) is 2.18. The van der Waals surface area contributed by atoms with Crippen LogP contribution in [0.3, 0.4) is 0 Å². The van der Waals surface area contributed by atoms with E-state index in [1.807, 2.05) is 6.08 Å². The van der Waals surface area contributed by atoms with Gasteiger partial charge in [-0.2, -0.15) is 0 Å². The van der Waals surface area contributed by atoms with Crippen molar-refractivity contribution in [2.24, 2.45) is 0 Å². The van der Waals surface area contributed by atoms with Gasteiger partial charge in [0.25, 0.3) is 0 Å². The van der Waals surface area contributed by atoms with Gasteiger partial charge in [0.1, 0.15) is 0 Å². The van der Waals surface area contributed by atoms with E-state index in [0.29, 0.717) is 13.2 Å². The summed E-state index contributed by atoms with van der Waals surface area (Å²) < 4.78 is 5.47. The quantitative estimate of drug-likeness (QED) is 0.331. The molecule has 2 aliphatic heterocycles. The zero-order valence-corrected chi connectivity index (χ0v) is 15.4.